The van der Waals surface area contributed by atoms with Gasteiger partial charge in [0.05, 0.1) is 5.69 Å². The van der Waals surface area contributed by atoms with Gasteiger partial charge in [-0.1, -0.05) is 6.92 Å². The molecule has 19 heavy (non-hydrogen) atoms. The Morgan fingerprint density at radius 2 is 2.00 bits per heavy atom. The van der Waals surface area contributed by atoms with Crippen molar-refractivity contribution < 1.29 is 4.79 Å². The number of rotatable bonds is 4. The highest BCUT2D eigenvalue weighted by Crippen LogP contribution is 2.13. The standard InChI is InChI=1S/C14H16IN3O/c1-3-11-9-13(18(4-2)17-11)14(19)16-12-7-5-10(15)6-8-12/h5-9H,3-4H2,1-2H3,(H,16,19). The van der Waals surface area contributed by atoms with E-state index in [1.807, 2.05) is 44.2 Å². The molecule has 1 aromatic heterocycles. The summed E-state index contributed by atoms with van der Waals surface area (Å²) in [5.41, 5.74) is 2.35. The highest BCUT2D eigenvalue weighted by molar-refractivity contribution is 14.1. The molecule has 0 fully saturated rings. The molecule has 0 bridgehead atoms. The van der Waals surface area contributed by atoms with Gasteiger partial charge in [-0.3, -0.25) is 9.48 Å². The number of hydrogen-bond donors (Lipinski definition) is 1. The molecule has 1 aromatic carbocycles. The van der Waals surface area contributed by atoms with E-state index in [0.717, 1.165) is 21.4 Å². The molecule has 2 aromatic rings. The minimum absolute atomic E-state index is 0.116. The van der Waals surface area contributed by atoms with Gasteiger partial charge in [-0.15, -0.1) is 0 Å². The summed E-state index contributed by atoms with van der Waals surface area (Å²) in [5.74, 6) is -0.116. The number of aryl methyl sites for hydroxylation is 2. The number of amides is 1. The normalized spacial score (nSPS) is 10.5. The van der Waals surface area contributed by atoms with E-state index in [-0.39, 0.29) is 5.91 Å². The minimum Gasteiger partial charge on any atom is -0.321 e. The van der Waals surface area contributed by atoms with Gasteiger partial charge in [0.25, 0.3) is 5.91 Å². The van der Waals surface area contributed by atoms with Gasteiger partial charge < -0.3 is 5.32 Å². The van der Waals surface area contributed by atoms with Gasteiger partial charge in [0, 0.05) is 15.8 Å². The first kappa shape index (κ1) is 14.0. The van der Waals surface area contributed by atoms with Gasteiger partial charge in [-0.2, -0.15) is 5.10 Å². The molecule has 0 saturated carbocycles. The third-order valence-electron chi connectivity index (χ3n) is 2.83. The number of carbonyl (C=O) groups is 1. The lowest BCUT2D eigenvalue weighted by Gasteiger charge is -2.06. The first-order valence-electron chi connectivity index (χ1n) is 6.27. The van der Waals surface area contributed by atoms with Crippen LogP contribution in [0.4, 0.5) is 5.69 Å². The van der Waals surface area contributed by atoms with Crippen molar-refractivity contribution in [2.75, 3.05) is 5.32 Å². The summed E-state index contributed by atoms with van der Waals surface area (Å²) in [6.07, 6.45) is 0.830. The molecule has 1 N–H and O–H groups in total. The van der Waals surface area contributed by atoms with E-state index in [4.69, 9.17) is 0 Å². The number of aromatic nitrogens is 2. The lowest BCUT2D eigenvalue weighted by Crippen LogP contribution is -2.17. The van der Waals surface area contributed by atoms with Crippen LogP contribution in [0.2, 0.25) is 0 Å². The number of hydrogen-bond acceptors (Lipinski definition) is 2. The van der Waals surface area contributed by atoms with Gasteiger partial charge in [-0.05, 0) is 66.3 Å². The molecule has 0 aliphatic heterocycles. The topological polar surface area (TPSA) is 46.9 Å². The van der Waals surface area contributed by atoms with Crippen molar-refractivity contribution >= 4 is 34.2 Å². The molecule has 0 unspecified atom stereocenters. The Labute approximate surface area is 126 Å². The van der Waals surface area contributed by atoms with Gasteiger partial charge in [0.2, 0.25) is 0 Å². The highest BCUT2D eigenvalue weighted by Gasteiger charge is 2.13. The number of carbonyl (C=O) groups excluding carboxylic acids is 1. The van der Waals surface area contributed by atoms with Crippen LogP contribution in [0.1, 0.15) is 30.0 Å². The van der Waals surface area contributed by atoms with E-state index in [0.29, 0.717) is 12.2 Å². The van der Waals surface area contributed by atoms with Gasteiger partial charge in [0.1, 0.15) is 5.69 Å². The number of benzene rings is 1. The molecular weight excluding hydrogens is 353 g/mol. The predicted octanol–water partition coefficient (Wildman–Crippen LogP) is 3.32. The number of nitrogens with one attached hydrogen (secondary N) is 1. The van der Waals surface area contributed by atoms with Crippen LogP contribution in [-0.2, 0) is 13.0 Å². The van der Waals surface area contributed by atoms with E-state index in [2.05, 4.69) is 33.0 Å². The smallest absolute Gasteiger partial charge is 0.273 e. The van der Waals surface area contributed by atoms with Crippen LogP contribution in [-0.4, -0.2) is 15.7 Å². The Kier molecular flexibility index (Phi) is 4.57. The maximum Gasteiger partial charge on any atom is 0.273 e. The SMILES string of the molecule is CCc1cc(C(=O)Nc2ccc(I)cc2)n(CC)n1. The molecule has 1 heterocycles. The fraction of sp³-hybridized carbons (Fsp3) is 0.286. The number of halogens is 1. The lowest BCUT2D eigenvalue weighted by molar-refractivity contribution is 0.101. The second kappa shape index (κ2) is 6.18. The largest absolute Gasteiger partial charge is 0.321 e. The molecule has 2 rings (SSSR count). The van der Waals surface area contributed by atoms with E-state index in [1.54, 1.807) is 4.68 Å². The molecule has 0 spiro atoms. The van der Waals surface area contributed by atoms with Gasteiger partial charge in [0.15, 0.2) is 0 Å². The van der Waals surface area contributed by atoms with Crippen LogP contribution in [0.15, 0.2) is 30.3 Å². The summed E-state index contributed by atoms with van der Waals surface area (Å²) < 4.78 is 2.88. The highest BCUT2D eigenvalue weighted by atomic mass is 127. The number of anilines is 1. The van der Waals surface area contributed by atoms with Crippen molar-refractivity contribution in [1.29, 1.82) is 0 Å². The van der Waals surface area contributed by atoms with Crippen molar-refractivity contribution in [3.05, 3.63) is 45.3 Å². The molecule has 0 radical (unpaired) electrons. The van der Waals surface area contributed by atoms with Crippen molar-refractivity contribution in [3.63, 3.8) is 0 Å². The minimum atomic E-state index is -0.116. The maximum atomic E-state index is 12.2. The molecular formula is C14H16IN3O. The van der Waals surface area contributed by atoms with Crippen LogP contribution < -0.4 is 5.32 Å². The van der Waals surface area contributed by atoms with Crippen LogP contribution in [0.3, 0.4) is 0 Å². The van der Waals surface area contributed by atoms with Crippen LogP contribution in [0.5, 0.6) is 0 Å². The third kappa shape index (κ3) is 3.34. The summed E-state index contributed by atoms with van der Waals surface area (Å²) in [7, 11) is 0. The van der Waals surface area contributed by atoms with E-state index < -0.39 is 0 Å². The van der Waals surface area contributed by atoms with E-state index in [9.17, 15) is 4.79 Å². The zero-order valence-electron chi connectivity index (χ0n) is 11.0. The van der Waals surface area contributed by atoms with Crippen molar-refractivity contribution in [2.45, 2.75) is 26.8 Å². The van der Waals surface area contributed by atoms with E-state index >= 15 is 0 Å². The Morgan fingerprint density at radius 3 is 2.58 bits per heavy atom. The zero-order chi connectivity index (χ0) is 13.8. The first-order valence-corrected chi connectivity index (χ1v) is 7.35. The summed E-state index contributed by atoms with van der Waals surface area (Å²) in [5, 5.41) is 7.27. The second-order valence-electron chi connectivity index (χ2n) is 4.15. The summed E-state index contributed by atoms with van der Waals surface area (Å²) >= 11 is 2.23. The zero-order valence-corrected chi connectivity index (χ0v) is 13.1. The van der Waals surface area contributed by atoms with Gasteiger partial charge >= 0.3 is 0 Å². The fourth-order valence-corrected chi connectivity index (χ4v) is 2.15. The molecule has 0 aliphatic carbocycles. The predicted molar refractivity (Wildman–Crippen MR) is 84.4 cm³/mol. The molecule has 4 nitrogen and oxygen atoms in total. The second-order valence-corrected chi connectivity index (χ2v) is 5.40. The van der Waals surface area contributed by atoms with Gasteiger partial charge in [-0.25, -0.2) is 0 Å². The Balaban J connectivity index is 2.19. The maximum absolute atomic E-state index is 12.2. The van der Waals surface area contributed by atoms with Crippen LogP contribution in [0.25, 0.3) is 0 Å². The summed E-state index contributed by atoms with van der Waals surface area (Å²) in [6.45, 7) is 4.70. The summed E-state index contributed by atoms with van der Waals surface area (Å²) in [6, 6.07) is 9.57. The Bertz CT molecular complexity index is 575. The van der Waals surface area contributed by atoms with Crippen molar-refractivity contribution in [3.8, 4) is 0 Å². The van der Waals surface area contributed by atoms with Crippen LogP contribution >= 0.6 is 22.6 Å². The molecule has 1 amide bonds. The van der Waals surface area contributed by atoms with Crippen molar-refractivity contribution in [1.82, 2.24) is 9.78 Å². The lowest BCUT2D eigenvalue weighted by atomic mass is 10.2. The quantitative estimate of drug-likeness (QED) is 0.841. The first-order chi connectivity index (χ1) is 9.13. The fourth-order valence-electron chi connectivity index (χ4n) is 1.80. The monoisotopic (exact) mass is 369 g/mol. The average molecular weight is 369 g/mol. The Hall–Kier alpha value is -1.37. The molecule has 100 valence electrons. The average Bonchev–Trinajstić information content (AvgIpc) is 2.85. The summed E-state index contributed by atoms with van der Waals surface area (Å²) in [4.78, 5) is 12.2. The molecule has 5 heteroatoms. The molecule has 0 aliphatic rings. The Morgan fingerprint density at radius 1 is 1.32 bits per heavy atom. The van der Waals surface area contributed by atoms with E-state index in [1.165, 1.54) is 0 Å². The molecule has 0 saturated heterocycles. The third-order valence-corrected chi connectivity index (χ3v) is 3.55. The number of nitrogens with zero attached hydrogens (tertiary/aromatic N) is 2. The molecule has 0 atom stereocenters. The van der Waals surface area contributed by atoms with Crippen molar-refractivity contribution in [2.24, 2.45) is 0 Å². The van der Waals surface area contributed by atoms with Crippen LogP contribution in [0, 0.1) is 3.57 Å².